The van der Waals surface area contributed by atoms with E-state index in [1.54, 1.807) is 0 Å². The number of nitriles is 1. The molecular weight excluding hydrogens is 270 g/mol. The molecule has 0 saturated carbocycles. The average molecular weight is 287 g/mol. The minimum atomic E-state index is -1.12. The van der Waals surface area contributed by atoms with Gasteiger partial charge in [0, 0.05) is 12.7 Å². The lowest BCUT2D eigenvalue weighted by Gasteiger charge is -2.34. The number of carboxylic acids is 1. The van der Waals surface area contributed by atoms with Crippen LogP contribution in [-0.4, -0.2) is 39.0 Å². The molecule has 1 aromatic rings. The molecule has 21 heavy (non-hydrogen) atoms. The zero-order valence-electron chi connectivity index (χ0n) is 11.9. The largest absolute Gasteiger partial charge is 0.479 e. The smallest absolute Gasteiger partial charge is 0.329 e. The minimum absolute atomic E-state index is 0.178. The zero-order chi connectivity index (χ0) is 15.5. The first-order valence-corrected chi connectivity index (χ1v) is 6.96. The number of amides is 1. The van der Waals surface area contributed by atoms with Gasteiger partial charge in [0.05, 0.1) is 5.56 Å². The summed E-state index contributed by atoms with van der Waals surface area (Å²) in [5, 5.41) is 18.3. The van der Waals surface area contributed by atoms with Crippen molar-refractivity contribution >= 4 is 11.9 Å². The van der Waals surface area contributed by atoms with E-state index in [4.69, 9.17) is 5.26 Å². The van der Waals surface area contributed by atoms with Crippen LogP contribution >= 0.6 is 0 Å². The molecule has 1 unspecified atom stereocenters. The first-order chi connectivity index (χ1) is 10.0. The number of hydrogen-bond donors (Lipinski definition) is 1. The summed E-state index contributed by atoms with van der Waals surface area (Å²) in [4.78, 5) is 29.7. The van der Waals surface area contributed by atoms with Crippen molar-refractivity contribution in [3.05, 3.63) is 29.6 Å². The molecule has 110 valence electrons. The zero-order valence-corrected chi connectivity index (χ0v) is 11.9. The number of nitrogens with zero attached hydrogens (tertiary/aromatic N) is 3. The third-order valence-corrected chi connectivity index (χ3v) is 3.91. The van der Waals surface area contributed by atoms with Crippen LogP contribution in [0, 0.1) is 11.3 Å². The van der Waals surface area contributed by atoms with E-state index in [1.807, 2.05) is 13.0 Å². The summed E-state index contributed by atoms with van der Waals surface area (Å²) in [6.07, 6.45) is 3.60. The maximum atomic E-state index is 12.6. The van der Waals surface area contributed by atoms with E-state index < -0.39 is 11.5 Å². The minimum Gasteiger partial charge on any atom is -0.479 e. The van der Waals surface area contributed by atoms with Crippen LogP contribution in [0.25, 0.3) is 0 Å². The average Bonchev–Trinajstić information content (AvgIpc) is 2.92. The highest BCUT2D eigenvalue weighted by molar-refractivity contribution is 5.97. The maximum Gasteiger partial charge on any atom is 0.329 e. The number of carbonyl (C=O) groups excluding carboxylic acids is 1. The fourth-order valence-corrected chi connectivity index (χ4v) is 2.90. The number of rotatable bonds is 4. The van der Waals surface area contributed by atoms with Crippen LogP contribution in [-0.2, 0) is 4.79 Å². The molecule has 0 bridgehead atoms. The van der Waals surface area contributed by atoms with Crippen molar-refractivity contribution in [2.75, 3.05) is 6.54 Å². The van der Waals surface area contributed by atoms with Gasteiger partial charge in [-0.05, 0) is 31.4 Å². The lowest BCUT2D eigenvalue weighted by Crippen LogP contribution is -2.53. The molecule has 0 aliphatic carbocycles. The first-order valence-electron chi connectivity index (χ1n) is 6.96. The van der Waals surface area contributed by atoms with E-state index in [0.717, 1.165) is 0 Å². The molecule has 6 heteroatoms. The lowest BCUT2D eigenvalue weighted by molar-refractivity contribution is -0.148. The van der Waals surface area contributed by atoms with Crippen LogP contribution in [0.2, 0.25) is 0 Å². The Morgan fingerprint density at radius 2 is 2.29 bits per heavy atom. The molecule has 1 atom stereocenters. The van der Waals surface area contributed by atoms with Gasteiger partial charge in [-0.2, -0.15) is 5.26 Å². The molecule has 0 aromatic carbocycles. The Morgan fingerprint density at radius 1 is 1.52 bits per heavy atom. The topological polar surface area (TPSA) is 94.3 Å². The molecule has 1 aliphatic rings. The normalized spacial score (nSPS) is 21.0. The van der Waals surface area contributed by atoms with E-state index in [0.29, 0.717) is 37.8 Å². The molecule has 1 aliphatic heterocycles. The van der Waals surface area contributed by atoms with Crippen molar-refractivity contribution < 1.29 is 14.7 Å². The van der Waals surface area contributed by atoms with Gasteiger partial charge in [-0.15, -0.1) is 0 Å². The molecule has 2 rings (SSSR count). The van der Waals surface area contributed by atoms with Crippen LogP contribution in [0.1, 0.15) is 48.7 Å². The number of pyridine rings is 1. The number of aliphatic carboxylic acids is 1. The van der Waals surface area contributed by atoms with Crippen molar-refractivity contribution in [2.24, 2.45) is 0 Å². The molecule has 1 N–H and O–H groups in total. The van der Waals surface area contributed by atoms with Gasteiger partial charge in [-0.1, -0.05) is 13.3 Å². The SMILES string of the molecule is CCCC1(C(=O)O)CCCN1C(=O)c1ccc(C#N)cn1. The number of aromatic nitrogens is 1. The summed E-state index contributed by atoms with van der Waals surface area (Å²) in [7, 11) is 0. The fourth-order valence-electron chi connectivity index (χ4n) is 2.90. The highest BCUT2D eigenvalue weighted by Crippen LogP contribution is 2.35. The molecule has 1 saturated heterocycles. The summed E-state index contributed by atoms with van der Waals surface area (Å²) in [6.45, 7) is 2.33. The Balaban J connectivity index is 2.32. The van der Waals surface area contributed by atoms with Crippen molar-refractivity contribution in [2.45, 2.75) is 38.1 Å². The second-order valence-corrected chi connectivity index (χ2v) is 5.19. The van der Waals surface area contributed by atoms with E-state index in [2.05, 4.69) is 4.98 Å². The summed E-state index contributed by atoms with van der Waals surface area (Å²) < 4.78 is 0. The summed E-state index contributed by atoms with van der Waals surface area (Å²) in [5.41, 5.74) is -0.579. The first kappa shape index (κ1) is 15.0. The van der Waals surface area contributed by atoms with Gasteiger partial charge < -0.3 is 10.0 Å². The predicted molar refractivity (Wildman–Crippen MR) is 74.5 cm³/mol. The van der Waals surface area contributed by atoms with E-state index in [9.17, 15) is 14.7 Å². The highest BCUT2D eigenvalue weighted by atomic mass is 16.4. The monoisotopic (exact) mass is 287 g/mol. The van der Waals surface area contributed by atoms with Gasteiger partial charge in [0.2, 0.25) is 0 Å². The third kappa shape index (κ3) is 2.59. The van der Waals surface area contributed by atoms with E-state index >= 15 is 0 Å². The Labute approximate surface area is 123 Å². The maximum absolute atomic E-state index is 12.6. The fraction of sp³-hybridized carbons (Fsp3) is 0.467. The molecule has 6 nitrogen and oxygen atoms in total. The number of hydrogen-bond acceptors (Lipinski definition) is 4. The highest BCUT2D eigenvalue weighted by Gasteiger charge is 2.49. The number of carbonyl (C=O) groups is 2. The van der Waals surface area contributed by atoms with Crippen LogP contribution in [0.5, 0.6) is 0 Å². The quantitative estimate of drug-likeness (QED) is 0.911. The van der Waals surface area contributed by atoms with Gasteiger partial charge >= 0.3 is 5.97 Å². The number of carboxylic acid groups (broad SMARTS) is 1. The van der Waals surface area contributed by atoms with Crippen LogP contribution in [0.4, 0.5) is 0 Å². The van der Waals surface area contributed by atoms with Crippen molar-refractivity contribution in [1.29, 1.82) is 5.26 Å². The Hall–Kier alpha value is -2.42. The van der Waals surface area contributed by atoms with Gasteiger partial charge in [-0.3, -0.25) is 4.79 Å². The number of likely N-dealkylation sites (tertiary alicyclic amines) is 1. The summed E-state index contributed by atoms with van der Waals surface area (Å²) >= 11 is 0. The van der Waals surface area contributed by atoms with Crippen molar-refractivity contribution in [3.8, 4) is 6.07 Å². The Bertz CT molecular complexity index is 591. The van der Waals surface area contributed by atoms with Gasteiger partial charge in [-0.25, -0.2) is 9.78 Å². The lowest BCUT2D eigenvalue weighted by atomic mass is 9.90. The van der Waals surface area contributed by atoms with E-state index in [-0.39, 0.29) is 11.6 Å². The molecule has 0 radical (unpaired) electrons. The van der Waals surface area contributed by atoms with Crippen LogP contribution in [0.15, 0.2) is 18.3 Å². The van der Waals surface area contributed by atoms with Crippen LogP contribution in [0.3, 0.4) is 0 Å². The molecule has 1 amide bonds. The molecule has 2 heterocycles. The van der Waals surface area contributed by atoms with Crippen LogP contribution < -0.4 is 0 Å². The van der Waals surface area contributed by atoms with Gasteiger partial charge in [0.15, 0.2) is 0 Å². The second-order valence-electron chi connectivity index (χ2n) is 5.19. The molecule has 0 spiro atoms. The molecule has 1 fully saturated rings. The standard InChI is InChI=1S/C15H17N3O3/c1-2-6-15(14(20)21)7-3-8-18(15)13(19)12-5-4-11(9-16)10-17-12/h4-5,10H,2-3,6-8H2,1H3,(H,20,21). The second kappa shape index (κ2) is 5.92. The summed E-state index contributed by atoms with van der Waals surface area (Å²) in [6, 6.07) is 4.92. The van der Waals surface area contributed by atoms with E-state index in [1.165, 1.54) is 23.2 Å². The van der Waals surface area contributed by atoms with Crippen molar-refractivity contribution in [3.63, 3.8) is 0 Å². The Kier molecular flexibility index (Phi) is 4.22. The third-order valence-electron chi connectivity index (χ3n) is 3.91. The molecule has 1 aromatic heterocycles. The summed E-state index contributed by atoms with van der Waals surface area (Å²) in [5.74, 6) is -1.34. The van der Waals surface area contributed by atoms with Crippen molar-refractivity contribution in [1.82, 2.24) is 9.88 Å². The molecular formula is C15H17N3O3. The van der Waals surface area contributed by atoms with Gasteiger partial charge in [0.25, 0.3) is 5.91 Å². The van der Waals surface area contributed by atoms with Gasteiger partial charge in [0.1, 0.15) is 17.3 Å². The Morgan fingerprint density at radius 3 is 2.81 bits per heavy atom. The predicted octanol–water partition coefficient (Wildman–Crippen LogP) is 1.81.